The van der Waals surface area contributed by atoms with Gasteiger partial charge in [0.1, 0.15) is 18.5 Å². The molecule has 1 unspecified atom stereocenters. The number of aliphatic hydroxyl groups is 1. The van der Waals surface area contributed by atoms with E-state index in [1.54, 1.807) is 24.3 Å². The van der Waals surface area contributed by atoms with Crippen LogP contribution < -0.4 is 10.1 Å². The Balaban J connectivity index is 1.43. The highest BCUT2D eigenvalue weighted by molar-refractivity contribution is 6.30. The van der Waals surface area contributed by atoms with Gasteiger partial charge in [-0.2, -0.15) is 0 Å². The van der Waals surface area contributed by atoms with Gasteiger partial charge in [-0.05, 0) is 56.0 Å². The molecule has 2 N–H and O–H groups in total. The van der Waals surface area contributed by atoms with E-state index < -0.39 is 6.10 Å². The summed E-state index contributed by atoms with van der Waals surface area (Å²) in [5.74, 6) is 1.54. The lowest BCUT2D eigenvalue weighted by Gasteiger charge is -2.13. The van der Waals surface area contributed by atoms with Gasteiger partial charge in [-0.3, -0.25) is 0 Å². The van der Waals surface area contributed by atoms with Crippen LogP contribution in [-0.4, -0.2) is 44.1 Å². The van der Waals surface area contributed by atoms with Crippen LogP contribution in [0.25, 0.3) is 0 Å². The summed E-state index contributed by atoms with van der Waals surface area (Å²) in [5, 5.41) is 13.7. The normalized spacial score (nSPS) is 15.9. The van der Waals surface area contributed by atoms with Gasteiger partial charge in [-0.25, -0.2) is 0 Å². The van der Waals surface area contributed by atoms with E-state index in [0.29, 0.717) is 17.3 Å². The van der Waals surface area contributed by atoms with Crippen LogP contribution in [0.15, 0.2) is 24.3 Å². The van der Waals surface area contributed by atoms with Crippen LogP contribution >= 0.6 is 11.6 Å². The predicted molar refractivity (Wildman–Crippen MR) is 84.0 cm³/mol. The summed E-state index contributed by atoms with van der Waals surface area (Å²) in [6.45, 7) is 3.35. The molecule has 1 saturated carbocycles. The second-order valence-corrected chi connectivity index (χ2v) is 5.93. The Labute approximate surface area is 131 Å². The van der Waals surface area contributed by atoms with E-state index in [0.717, 1.165) is 32.1 Å². The fourth-order valence-electron chi connectivity index (χ4n) is 1.88. The number of hydrogen-bond acceptors (Lipinski definition) is 4. The summed E-state index contributed by atoms with van der Waals surface area (Å²) in [7, 11) is 0. The minimum absolute atomic E-state index is 0.271. The maximum Gasteiger partial charge on any atom is 0.119 e. The summed E-state index contributed by atoms with van der Waals surface area (Å²) in [4.78, 5) is 0. The Morgan fingerprint density at radius 1 is 1.29 bits per heavy atom. The average molecular weight is 314 g/mol. The highest BCUT2D eigenvalue weighted by Crippen LogP contribution is 2.28. The standard InChI is InChI=1S/C16H24ClNO3/c17-14-4-6-16(7-5-14)21-12-15(19)10-18-8-1-9-20-11-13-2-3-13/h4-7,13,15,18-19H,1-3,8-12H2. The molecule has 0 heterocycles. The topological polar surface area (TPSA) is 50.7 Å². The van der Waals surface area contributed by atoms with Crippen LogP contribution in [0.5, 0.6) is 5.75 Å². The molecule has 118 valence electrons. The third kappa shape index (κ3) is 7.67. The monoisotopic (exact) mass is 313 g/mol. The van der Waals surface area contributed by atoms with Crippen molar-refractivity contribution in [3.63, 3.8) is 0 Å². The van der Waals surface area contributed by atoms with Crippen LogP contribution in [0.2, 0.25) is 5.02 Å². The molecule has 0 amide bonds. The molecule has 0 radical (unpaired) electrons. The molecule has 0 saturated heterocycles. The van der Waals surface area contributed by atoms with Crippen molar-refractivity contribution < 1.29 is 14.6 Å². The van der Waals surface area contributed by atoms with E-state index in [4.69, 9.17) is 21.1 Å². The Hall–Kier alpha value is -0.810. The van der Waals surface area contributed by atoms with Crippen molar-refractivity contribution in [2.75, 3.05) is 32.9 Å². The van der Waals surface area contributed by atoms with Gasteiger partial charge in [-0.1, -0.05) is 11.6 Å². The predicted octanol–water partition coefficient (Wildman–Crippen LogP) is 2.49. The van der Waals surface area contributed by atoms with Gasteiger partial charge < -0.3 is 19.9 Å². The van der Waals surface area contributed by atoms with Crippen molar-refractivity contribution >= 4 is 11.6 Å². The van der Waals surface area contributed by atoms with Crippen molar-refractivity contribution in [2.24, 2.45) is 5.92 Å². The zero-order valence-electron chi connectivity index (χ0n) is 12.3. The van der Waals surface area contributed by atoms with Crippen molar-refractivity contribution in [2.45, 2.75) is 25.4 Å². The number of ether oxygens (including phenoxy) is 2. The Morgan fingerprint density at radius 2 is 2.05 bits per heavy atom. The average Bonchev–Trinajstić information content (AvgIpc) is 3.30. The van der Waals surface area contributed by atoms with E-state index in [1.807, 2.05) is 0 Å². The van der Waals surface area contributed by atoms with E-state index >= 15 is 0 Å². The molecule has 0 spiro atoms. The van der Waals surface area contributed by atoms with Gasteiger partial charge in [0, 0.05) is 24.8 Å². The van der Waals surface area contributed by atoms with Crippen molar-refractivity contribution in [3.8, 4) is 5.75 Å². The first kappa shape index (κ1) is 16.6. The molecule has 1 fully saturated rings. The quantitative estimate of drug-likeness (QED) is 0.616. The summed E-state index contributed by atoms with van der Waals surface area (Å²) in [6, 6.07) is 7.12. The Kier molecular flexibility index (Phi) is 7.30. The lowest BCUT2D eigenvalue weighted by atomic mass is 10.3. The summed E-state index contributed by atoms with van der Waals surface area (Å²) >= 11 is 5.79. The van der Waals surface area contributed by atoms with Gasteiger partial charge in [0.15, 0.2) is 0 Å². The van der Waals surface area contributed by atoms with Crippen molar-refractivity contribution in [1.29, 1.82) is 0 Å². The lowest BCUT2D eigenvalue weighted by molar-refractivity contribution is 0.102. The molecule has 2 rings (SSSR count). The van der Waals surface area contributed by atoms with Crippen LogP contribution in [0.3, 0.4) is 0 Å². The molecule has 4 nitrogen and oxygen atoms in total. The second kappa shape index (κ2) is 9.26. The number of hydrogen-bond donors (Lipinski definition) is 2. The largest absolute Gasteiger partial charge is 0.491 e. The number of aliphatic hydroxyl groups excluding tert-OH is 1. The van der Waals surface area contributed by atoms with Crippen molar-refractivity contribution in [3.05, 3.63) is 29.3 Å². The zero-order valence-corrected chi connectivity index (χ0v) is 13.0. The molecular weight excluding hydrogens is 290 g/mol. The molecule has 0 bridgehead atoms. The van der Waals surface area contributed by atoms with E-state index in [2.05, 4.69) is 5.32 Å². The van der Waals surface area contributed by atoms with Crippen LogP contribution in [0.4, 0.5) is 0 Å². The Bertz CT molecular complexity index is 395. The SMILES string of the molecule is OC(CNCCCOCC1CC1)COc1ccc(Cl)cc1. The van der Waals surface area contributed by atoms with Crippen LogP contribution in [0, 0.1) is 5.92 Å². The fraction of sp³-hybridized carbons (Fsp3) is 0.625. The van der Waals surface area contributed by atoms with Crippen LogP contribution in [0.1, 0.15) is 19.3 Å². The third-order valence-corrected chi connectivity index (χ3v) is 3.58. The van der Waals surface area contributed by atoms with Crippen LogP contribution in [-0.2, 0) is 4.74 Å². The molecular formula is C16H24ClNO3. The van der Waals surface area contributed by atoms with E-state index in [1.165, 1.54) is 12.8 Å². The molecule has 1 aliphatic rings. The first-order chi connectivity index (χ1) is 10.2. The van der Waals surface area contributed by atoms with Gasteiger partial charge in [0.2, 0.25) is 0 Å². The van der Waals surface area contributed by atoms with E-state index in [9.17, 15) is 5.11 Å². The minimum atomic E-state index is -0.520. The summed E-state index contributed by atoms with van der Waals surface area (Å²) in [5.41, 5.74) is 0. The van der Waals surface area contributed by atoms with E-state index in [-0.39, 0.29) is 6.61 Å². The molecule has 5 heteroatoms. The Morgan fingerprint density at radius 3 is 2.76 bits per heavy atom. The fourth-order valence-corrected chi connectivity index (χ4v) is 2.01. The van der Waals surface area contributed by atoms with Gasteiger partial charge in [0.05, 0.1) is 0 Å². The maximum absolute atomic E-state index is 9.80. The van der Waals surface area contributed by atoms with Gasteiger partial charge >= 0.3 is 0 Å². The first-order valence-corrected chi connectivity index (χ1v) is 7.97. The van der Waals surface area contributed by atoms with Gasteiger partial charge in [-0.15, -0.1) is 0 Å². The van der Waals surface area contributed by atoms with Gasteiger partial charge in [0.25, 0.3) is 0 Å². The zero-order chi connectivity index (χ0) is 14.9. The number of benzene rings is 1. The molecule has 1 aromatic rings. The summed E-state index contributed by atoms with van der Waals surface area (Å²) < 4.78 is 11.0. The number of rotatable bonds is 11. The molecule has 1 aliphatic carbocycles. The second-order valence-electron chi connectivity index (χ2n) is 5.49. The third-order valence-electron chi connectivity index (χ3n) is 3.33. The molecule has 0 aliphatic heterocycles. The number of nitrogens with one attached hydrogen (secondary N) is 1. The number of halogens is 1. The minimum Gasteiger partial charge on any atom is -0.491 e. The molecule has 1 atom stereocenters. The summed E-state index contributed by atoms with van der Waals surface area (Å²) in [6.07, 6.45) is 3.11. The maximum atomic E-state index is 9.80. The highest BCUT2D eigenvalue weighted by Gasteiger charge is 2.20. The van der Waals surface area contributed by atoms with Crippen molar-refractivity contribution in [1.82, 2.24) is 5.32 Å². The molecule has 1 aromatic carbocycles. The smallest absolute Gasteiger partial charge is 0.119 e. The highest BCUT2D eigenvalue weighted by atomic mass is 35.5. The molecule has 0 aromatic heterocycles. The lowest BCUT2D eigenvalue weighted by Crippen LogP contribution is -2.32. The molecule has 21 heavy (non-hydrogen) atoms. The first-order valence-electron chi connectivity index (χ1n) is 7.59.